The fraction of sp³-hybridized carbons (Fsp3) is 0.278. The molecule has 2 rings (SSSR count). The summed E-state index contributed by atoms with van der Waals surface area (Å²) in [5, 5.41) is 14.8. The summed E-state index contributed by atoms with van der Waals surface area (Å²) >= 11 is 1.16. The molecule has 0 spiro atoms. The van der Waals surface area contributed by atoms with Crippen LogP contribution in [0.15, 0.2) is 53.7 Å². The highest BCUT2D eigenvalue weighted by Crippen LogP contribution is 2.16. The maximum absolute atomic E-state index is 12.4. The number of nitrogens with zero attached hydrogens (tertiary/aromatic N) is 2. The van der Waals surface area contributed by atoms with Gasteiger partial charge in [0.2, 0.25) is 5.91 Å². The first-order valence-corrected chi connectivity index (χ1v) is 9.03. The van der Waals surface area contributed by atoms with Crippen molar-refractivity contribution >= 4 is 29.3 Å². The number of benzene rings is 1. The number of hydrogen-bond acceptors (Lipinski definition) is 4. The van der Waals surface area contributed by atoms with Crippen LogP contribution < -0.4 is 10.0 Å². The first-order valence-electron chi connectivity index (χ1n) is 8.05. The van der Waals surface area contributed by atoms with Crippen molar-refractivity contribution in [1.29, 1.82) is 0 Å². The van der Waals surface area contributed by atoms with Crippen molar-refractivity contribution in [2.45, 2.75) is 18.9 Å². The zero-order valence-corrected chi connectivity index (χ0v) is 15.1. The van der Waals surface area contributed by atoms with E-state index in [4.69, 9.17) is 0 Å². The minimum Gasteiger partial charge on any atom is -0.618 e. The molecule has 1 heterocycles. The Morgan fingerprint density at radius 1 is 1.16 bits per heavy atom. The Labute approximate surface area is 151 Å². The average Bonchev–Trinajstić information content (AvgIpc) is 2.62. The molecule has 0 unspecified atom stereocenters. The van der Waals surface area contributed by atoms with E-state index in [1.807, 2.05) is 13.8 Å². The SMILES string of the molecule is CCN(CC)C(=O)c1cccc(NC(=O)CSc2cccc[n+]2[O-])c1. The molecule has 2 amide bonds. The number of carbonyl (C=O) groups excluding carboxylic acids is 2. The number of pyridine rings is 1. The number of carbonyl (C=O) groups is 2. The van der Waals surface area contributed by atoms with Crippen molar-refractivity contribution in [1.82, 2.24) is 4.90 Å². The summed E-state index contributed by atoms with van der Waals surface area (Å²) in [7, 11) is 0. The van der Waals surface area contributed by atoms with Crippen molar-refractivity contribution in [2.24, 2.45) is 0 Å². The Morgan fingerprint density at radius 3 is 2.60 bits per heavy atom. The smallest absolute Gasteiger partial charge is 0.253 e. The molecular formula is C18H21N3O3S. The molecular weight excluding hydrogens is 338 g/mol. The summed E-state index contributed by atoms with van der Waals surface area (Å²) in [6.07, 6.45) is 1.39. The van der Waals surface area contributed by atoms with Gasteiger partial charge in [0.05, 0.1) is 5.75 Å². The third-order valence-electron chi connectivity index (χ3n) is 3.58. The molecule has 0 saturated heterocycles. The highest BCUT2D eigenvalue weighted by Gasteiger charge is 2.14. The van der Waals surface area contributed by atoms with Gasteiger partial charge >= 0.3 is 0 Å². The lowest BCUT2D eigenvalue weighted by atomic mass is 10.1. The number of aromatic nitrogens is 1. The molecule has 132 valence electrons. The van der Waals surface area contributed by atoms with Crippen molar-refractivity contribution in [2.75, 3.05) is 24.2 Å². The van der Waals surface area contributed by atoms with Gasteiger partial charge in [-0.1, -0.05) is 6.07 Å². The maximum atomic E-state index is 12.4. The van der Waals surface area contributed by atoms with Crippen LogP contribution in [0.25, 0.3) is 0 Å². The van der Waals surface area contributed by atoms with Gasteiger partial charge in [0.25, 0.3) is 10.9 Å². The molecule has 0 aliphatic heterocycles. The van der Waals surface area contributed by atoms with E-state index >= 15 is 0 Å². The molecule has 1 N–H and O–H groups in total. The minimum atomic E-state index is -0.235. The second-order valence-electron chi connectivity index (χ2n) is 5.26. The second-order valence-corrected chi connectivity index (χ2v) is 6.26. The third kappa shape index (κ3) is 5.22. The molecule has 0 aliphatic carbocycles. The van der Waals surface area contributed by atoms with Gasteiger partial charge in [-0.25, -0.2) is 0 Å². The van der Waals surface area contributed by atoms with E-state index in [0.29, 0.717) is 29.4 Å². The predicted molar refractivity (Wildman–Crippen MR) is 98.4 cm³/mol. The molecule has 0 aliphatic rings. The summed E-state index contributed by atoms with van der Waals surface area (Å²) in [6.45, 7) is 5.12. The van der Waals surface area contributed by atoms with Crippen molar-refractivity contribution in [3.05, 3.63) is 59.4 Å². The molecule has 6 nitrogen and oxygen atoms in total. The summed E-state index contributed by atoms with van der Waals surface area (Å²) in [5.74, 6) is -0.186. The number of anilines is 1. The first kappa shape index (κ1) is 18.8. The van der Waals surface area contributed by atoms with Gasteiger partial charge in [0, 0.05) is 36.5 Å². The number of nitrogens with one attached hydrogen (secondary N) is 1. The van der Waals surface area contributed by atoms with E-state index in [1.165, 1.54) is 6.20 Å². The summed E-state index contributed by atoms with van der Waals surface area (Å²) in [5.41, 5.74) is 1.10. The standard InChI is InChI=1S/C18H21N3O3S/c1-3-20(4-2)18(23)14-8-7-9-15(12-14)19-16(22)13-25-17-10-5-6-11-21(17)24/h5-12H,3-4,13H2,1-2H3,(H,19,22). The zero-order valence-electron chi connectivity index (χ0n) is 14.3. The number of amides is 2. The second kappa shape index (κ2) is 9.08. The predicted octanol–water partition coefficient (Wildman–Crippen LogP) is 2.53. The largest absolute Gasteiger partial charge is 0.618 e. The molecule has 2 aromatic rings. The average molecular weight is 359 g/mol. The van der Waals surface area contributed by atoms with Crippen LogP contribution in [0.1, 0.15) is 24.2 Å². The molecule has 1 aromatic heterocycles. The zero-order chi connectivity index (χ0) is 18.2. The Hall–Kier alpha value is -2.54. The number of rotatable bonds is 7. The van der Waals surface area contributed by atoms with Crippen LogP contribution in [-0.2, 0) is 4.79 Å². The van der Waals surface area contributed by atoms with E-state index < -0.39 is 0 Å². The Morgan fingerprint density at radius 2 is 1.92 bits per heavy atom. The number of thioether (sulfide) groups is 1. The van der Waals surface area contributed by atoms with E-state index in [9.17, 15) is 14.8 Å². The lowest BCUT2D eigenvalue weighted by Crippen LogP contribution is -2.30. The van der Waals surface area contributed by atoms with Gasteiger partial charge in [-0.05, 0) is 49.9 Å². The third-order valence-corrected chi connectivity index (χ3v) is 4.60. The minimum absolute atomic E-state index is 0.0628. The molecule has 0 atom stereocenters. The van der Waals surface area contributed by atoms with Crippen LogP contribution in [0.3, 0.4) is 0 Å². The summed E-state index contributed by atoms with van der Waals surface area (Å²) < 4.78 is 0.724. The highest BCUT2D eigenvalue weighted by atomic mass is 32.2. The monoisotopic (exact) mass is 359 g/mol. The van der Waals surface area contributed by atoms with Gasteiger partial charge in [-0.15, -0.1) is 0 Å². The van der Waals surface area contributed by atoms with Crippen LogP contribution in [-0.4, -0.2) is 35.6 Å². The summed E-state index contributed by atoms with van der Waals surface area (Å²) in [6, 6.07) is 11.9. The lowest BCUT2D eigenvalue weighted by Gasteiger charge is -2.19. The van der Waals surface area contributed by atoms with Crippen LogP contribution in [0.2, 0.25) is 0 Å². The van der Waals surface area contributed by atoms with E-state index in [0.717, 1.165) is 16.5 Å². The molecule has 0 fully saturated rings. The van der Waals surface area contributed by atoms with Crippen molar-refractivity contribution in [3.8, 4) is 0 Å². The molecule has 25 heavy (non-hydrogen) atoms. The lowest BCUT2D eigenvalue weighted by molar-refractivity contribution is -0.645. The van der Waals surface area contributed by atoms with Crippen molar-refractivity contribution in [3.63, 3.8) is 0 Å². The first-order chi connectivity index (χ1) is 12.0. The molecule has 0 saturated carbocycles. The molecule has 1 aromatic carbocycles. The Bertz CT molecular complexity index is 748. The molecule has 7 heteroatoms. The normalized spacial score (nSPS) is 10.3. The maximum Gasteiger partial charge on any atom is 0.253 e. The topological polar surface area (TPSA) is 76.4 Å². The van der Waals surface area contributed by atoms with Gasteiger partial charge in [-0.2, -0.15) is 4.73 Å². The molecule has 0 radical (unpaired) electrons. The van der Waals surface area contributed by atoms with Gasteiger partial charge in [0.1, 0.15) is 0 Å². The number of hydrogen-bond donors (Lipinski definition) is 1. The van der Waals surface area contributed by atoms with E-state index in [1.54, 1.807) is 47.4 Å². The highest BCUT2D eigenvalue weighted by molar-refractivity contribution is 7.99. The van der Waals surface area contributed by atoms with Gasteiger partial charge in [-0.3, -0.25) is 9.59 Å². The summed E-state index contributed by atoms with van der Waals surface area (Å²) in [4.78, 5) is 26.2. The van der Waals surface area contributed by atoms with Crippen LogP contribution >= 0.6 is 11.8 Å². The van der Waals surface area contributed by atoms with E-state index in [2.05, 4.69) is 5.32 Å². The Balaban J connectivity index is 1.98. The Kier molecular flexibility index (Phi) is 6.82. The quantitative estimate of drug-likeness (QED) is 0.468. The van der Waals surface area contributed by atoms with Gasteiger partial charge < -0.3 is 15.4 Å². The van der Waals surface area contributed by atoms with Crippen LogP contribution in [0, 0.1) is 5.21 Å². The van der Waals surface area contributed by atoms with Crippen molar-refractivity contribution < 1.29 is 14.3 Å². The fourth-order valence-corrected chi connectivity index (χ4v) is 3.00. The van der Waals surface area contributed by atoms with Gasteiger partial charge in [0.15, 0.2) is 6.20 Å². The van der Waals surface area contributed by atoms with Crippen LogP contribution in [0.5, 0.6) is 0 Å². The van der Waals surface area contributed by atoms with E-state index in [-0.39, 0.29) is 17.6 Å². The molecule has 0 bridgehead atoms. The fourth-order valence-electron chi connectivity index (χ4n) is 2.28. The van der Waals surface area contributed by atoms with Crippen LogP contribution in [0.4, 0.5) is 5.69 Å².